The highest BCUT2D eigenvalue weighted by atomic mass is 35.5. The Bertz CT molecular complexity index is 976. The Balaban J connectivity index is 2.02. The molecule has 28 heavy (non-hydrogen) atoms. The van der Waals surface area contributed by atoms with E-state index >= 15 is 0 Å². The van der Waals surface area contributed by atoms with Gasteiger partial charge in [0.2, 0.25) is 6.10 Å². The number of ether oxygens (including phenoxy) is 2. The summed E-state index contributed by atoms with van der Waals surface area (Å²) < 4.78 is 50.2. The second kappa shape index (κ2) is 7.22. The van der Waals surface area contributed by atoms with Crippen LogP contribution >= 0.6 is 23.2 Å². The minimum Gasteiger partial charge on any atom is -0.478 e. The van der Waals surface area contributed by atoms with Gasteiger partial charge in [-0.25, -0.2) is 4.79 Å². The first-order valence-electron chi connectivity index (χ1n) is 7.93. The Hall–Kier alpha value is -2.38. The number of halogens is 5. The van der Waals surface area contributed by atoms with Crippen LogP contribution in [0.3, 0.4) is 0 Å². The zero-order chi connectivity index (χ0) is 20.8. The molecular formula is C19H13Cl2F3O4. The van der Waals surface area contributed by atoms with Gasteiger partial charge in [-0.1, -0.05) is 23.2 Å². The van der Waals surface area contributed by atoms with E-state index < -0.39 is 23.8 Å². The van der Waals surface area contributed by atoms with Gasteiger partial charge in [0.1, 0.15) is 17.2 Å². The van der Waals surface area contributed by atoms with E-state index in [1.54, 1.807) is 26.0 Å². The van der Waals surface area contributed by atoms with Crippen LogP contribution in [0.1, 0.15) is 16.7 Å². The minimum absolute atomic E-state index is 0.0645. The van der Waals surface area contributed by atoms with Crippen LogP contribution in [0.15, 0.2) is 29.8 Å². The molecule has 0 saturated carbocycles. The number of carboxylic acid groups (broad SMARTS) is 1. The largest absolute Gasteiger partial charge is 0.478 e. The van der Waals surface area contributed by atoms with Crippen LogP contribution < -0.4 is 9.47 Å². The molecule has 3 rings (SSSR count). The summed E-state index contributed by atoms with van der Waals surface area (Å²) in [6.45, 7) is 3.57. The summed E-state index contributed by atoms with van der Waals surface area (Å²) >= 11 is 12.3. The third-order valence-corrected chi connectivity index (χ3v) is 4.98. The van der Waals surface area contributed by atoms with E-state index in [1.165, 1.54) is 12.1 Å². The van der Waals surface area contributed by atoms with E-state index in [-0.39, 0.29) is 22.1 Å². The smallest absolute Gasteiger partial charge is 0.430 e. The number of carbonyl (C=O) groups is 1. The van der Waals surface area contributed by atoms with Crippen molar-refractivity contribution in [1.82, 2.24) is 0 Å². The molecule has 0 fully saturated rings. The van der Waals surface area contributed by atoms with Crippen molar-refractivity contribution in [2.24, 2.45) is 0 Å². The molecule has 1 heterocycles. The predicted octanol–water partition coefficient (Wildman–Crippen LogP) is 6.19. The Kier molecular flexibility index (Phi) is 5.25. The molecule has 0 aliphatic carbocycles. The number of alkyl halides is 3. The first-order valence-corrected chi connectivity index (χ1v) is 8.69. The molecule has 0 radical (unpaired) electrons. The molecule has 0 aromatic heterocycles. The van der Waals surface area contributed by atoms with Crippen molar-refractivity contribution in [1.29, 1.82) is 0 Å². The van der Waals surface area contributed by atoms with Gasteiger partial charge in [-0.2, -0.15) is 13.2 Å². The Morgan fingerprint density at radius 1 is 1.14 bits per heavy atom. The molecule has 2 aromatic carbocycles. The summed E-state index contributed by atoms with van der Waals surface area (Å²) in [6, 6.07) is 5.81. The highest BCUT2D eigenvalue weighted by Gasteiger charge is 2.48. The van der Waals surface area contributed by atoms with E-state index in [2.05, 4.69) is 0 Å². The van der Waals surface area contributed by atoms with Crippen molar-refractivity contribution in [3.63, 3.8) is 0 Å². The number of aliphatic carboxylic acids is 1. The van der Waals surface area contributed by atoms with Gasteiger partial charge in [-0.3, -0.25) is 0 Å². The lowest BCUT2D eigenvalue weighted by Crippen LogP contribution is -2.40. The molecule has 2 aromatic rings. The zero-order valence-electron chi connectivity index (χ0n) is 14.5. The van der Waals surface area contributed by atoms with Gasteiger partial charge < -0.3 is 14.6 Å². The third kappa shape index (κ3) is 3.91. The molecule has 1 N–H and O–H groups in total. The van der Waals surface area contributed by atoms with Gasteiger partial charge in [-0.05, 0) is 49.2 Å². The van der Waals surface area contributed by atoms with Crippen LogP contribution in [-0.4, -0.2) is 23.4 Å². The fourth-order valence-corrected chi connectivity index (χ4v) is 3.11. The van der Waals surface area contributed by atoms with Crippen molar-refractivity contribution in [3.8, 4) is 17.2 Å². The second-order valence-electron chi connectivity index (χ2n) is 6.24. The van der Waals surface area contributed by atoms with Crippen molar-refractivity contribution in [3.05, 3.63) is 56.6 Å². The summed E-state index contributed by atoms with van der Waals surface area (Å²) in [4.78, 5) is 11.2. The van der Waals surface area contributed by atoms with E-state index in [0.717, 1.165) is 17.2 Å². The monoisotopic (exact) mass is 432 g/mol. The highest BCUT2D eigenvalue weighted by molar-refractivity contribution is 6.32. The number of aryl methyl sites for hydroxylation is 2. The lowest BCUT2D eigenvalue weighted by atomic mass is 10.0. The number of fused-ring (bicyclic) bond motifs is 1. The van der Waals surface area contributed by atoms with E-state index in [9.17, 15) is 18.0 Å². The van der Waals surface area contributed by atoms with Crippen LogP contribution in [0.2, 0.25) is 10.0 Å². The van der Waals surface area contributed by atoms with Gasteiger partial charge >= 0.3 is 12.1 Å². The Morgan fingerprint density at radius 2 is 1.75 bits per heavy atom. The molecular weight excluding hydrogens is 420 g/mol. The highest BCUT2D eigenvalue weighted by Crippen LogP contribution is 2.43. The van der Waals surface area contributed by atoms with Gasteiger partial charge in [-0.15, -0.1) is 0 Å². The lowest BCUT2D eigenvalue weighted by Gasteiger charge is -2.27. The third-order valence-electron chi connectivity index (χ3n) is 4.08. The van der Waals surface area contributed by atoms with Crippen LogP contribution in [0.25, 0.3) is 6.08 Å². The maximum atomic E-state index is 13.2. The normalized spacial score (nSPS) is 16.1. The summed E-state index contributed by atoms with van der Waals surface area (Å²) in [5.41, 5.74) is 0.703. The van der Waals surface area contributed by atoms with Gasteiger partial charge in [0.15, 0.2) is 0 Å². The fourth-order valence-electron chi connectivity index (χ4n) is 2.79. The zero-order valence-corrected chi connectivity index (χ0v) is 16.0. The van der Waals surface area contributed by atoms with Crippen LogP contribution in [0.4, 0.5) is 13.2 Å². The van der Waals surface area contributed by atoms with Gasteiger partial charge in [0.05, 0.1) is 10.6 Å². The molecule has 1 aliphatic rings. The summed E-state index contributed by atoms with van der Waals surface area (Å²) in [6.07, 6.45) is -6.59. The number of rotatable bonds is 3. The molecule has 0 bridgehead atoms. The summed E-state index contributed by atoms with van der Waals surface area (Å²) in [5.74, 6) is -1.45. The topological polar surface area (TPSA) is 55.8 Å². The number of benzene rings is 2. The first kappa shape index (κ1) is 20.4. The van der Waals surface area contributed by atoms with Crippen molar-refractivity contribution < 1.29 is 32.5 Å². The molecule has 0 amide bonds. The maximum absolute atomic E-state index is 13.2. The average Bonchev–Trinajstić information content (AvgIpc) is 2.58. The SMILES string of the molecule is Cc1cc(Oc2cc3c(cc2Cl)C=C(C(=O)O)C(C(F)(F)F)O3)cc(C)c1Cl. The fraction of sp³-hybridized carbons (Fsp3) is 0.211. The Morgan fingerprint density at radius 3 is 2.29 bits per heavy atom. The van der Waals surface area contributed by atoms with E-state index in [0.29, 0.717) is 10.8 Å². The summed E-state index contributed by atoms with van der Waals surface area (Å²) in [7, 11) is 0. The Labute approximate surface area is 168 Å². The van der Waals surface area contributed by atoms with Gasteiger partial charge in [0, 0.05) is 16.7 Å². The molecule has 4 nitrogen and oxygen atoms in total. The number of hydrogen-bond acceptors (Lipinski definition) is 3. The van der Waals surface area contributed by atoms with Crippen molar-refractivity contribution in [2.45, 2.75) is 26.1 Å². The van der Waals surface area contributed by atoms with Gasteiger partial charge in [0.25, 0.3) is 0 Å². The molecule has 1 atom stereocenters. The first-order chi connectivity index (χ1) is 13.0. The second-order valence-corrected chi connectivity index (χ2v) is 7.02. The number of hydrogen-bond donors (Lipinski definition) is 1. The quantitative estimate of drug-likeness (QED) is 0.627. The lowest BCUT2D eigenvalue weighted by molar-refractivity contribution is -0.187. The molecule has 1 aliphatic heterocycles. The average molecular weight is 433 g/mol. The molecule has 148 valence electrons. The molecule has 1 unspecified atom stereocenters. The summed E-state index contributed by atoms with van der Waals surface area (Å²) in [5, 5.41) is 9.73. The van der Waals surface area contributed by atoms with Crippen LogP contribution in [-0.2, 0) is 4.79 Å². The van der Waals surface area contributed by atoms with Crippen molar-refractivity contribution in [2.75, 3.05) is 0 Å². The molecule has 0 saturated heterocycles. The molecule has 9 heteroatoms. The molecule has 0 spiro atoms. The maximum Gasteiger partial charge on any atom is 0.430 e. The van der Waals surface area contributed by atoms with E-state index in [4.69, 9.17) is 37.8 Å². The standard InChI is InChI=1S/C19H13Cl2F3O4/c1-8-3-11(4-9(2)16(8)21)27-15-7-14-10(6-13(15)20)5-12(18(25)26)17(28-14)19(22,23)24/h3-7,17H,1-2H3,(H,25,26). The van der Waals surface area contributed by atoms with Crippen LogP contribution in [0, 0.1) is 13.8 Å². The number of carboxylic acids is 1. The van der Waals surface area contributed by atoms with Crippen LogP contribution in [0.5, 0.6) is 17.2 Å². The minimum atomic E-state index is -4.90. The predicted molar refractivity (Wildman–Crippen MR) is 98.5 cm³/mol. The van der Waals surface area contributed by atoms with Crippen molar-refractivity contribution >= 4 is 35.2 Å². The van der Waals surface area contributed by atoms with E-state index in [1.807, 2.05) is 0 Å².